The summed E-state index contributed by atoms with van der Waals surface area (Å²) in [5.41, 5.74) is 3.44. The molecule has 0 bridgehead atoms. The van der Waals surface area contributed by atoms with Crippen molar-refractivity contribution in [3.63, 3.8) is 0 Å². The average molecular weight is 280 g/mol. The van der Waals surface area contributed by atoms with Crippen LogP contribution < -0.4 is 10.1 Å². The van der Waals surface area contributed by atoms with E-state index in [1.54, 1.807) is 0 Å². The lowest BCUT2D eigenvalue weighted by atomic mass is 10.2. The first kappa shape index (κ1) is 13.6. The van der Waals surface area contributed by atoms with Crippen LogP contribution in [0.15, 0.2) is 54.7 Å². The molecule has 0 saturated carbocycles. The second-order valence-corrected chi connectivity index (χ2v) is 5.41. The maximum Gasteiger partial charge on any atom is 0.124 e. The standard InChI is InChI=1S/C18H20N2O/c1-13(2)21-18-6-4-3-5-15(18)12-20-16-7-8-17-14(11-16)9-10-19-17/h3-11,13,19-20H,12H2,1-2H3. The predicted molar refractivity (Wildman–Crippen MR) is 87.8 cm³/mol. The van der Waals surface area contributed by atoms with Crippen molar-refractivity contribution in [1.29, 1.82) is 0 Å². The first-order valence-corrected chi connectivity index (χ1v) is 7.28. The number of anilines is 1. The van der Waals surface area contributed by atoms with Gasteiger partial charge in [-0.2, -0.15) is 0 Å². The van der Waals surface area contributed by atoms with Gasteiger partial charge in [-0.25, -0.2) is 0 Å². The number of hydrogen-bond acceptors (Lipinski definition) is 2. The van der Waals surface area contributed by atoms with E-state index in [9.17, 15) is 0 Å². The third-order valence-electron chi connectivity index (χ3n) is 3.37. The lowest BCUT2D eigenvalue weighted by Gasteiger charge is -2.15. The zero-order valence-electron chi connectivity index (χ0n) is 12.4. The fourth-order valence-corrected chi connectivity index (χ4v) is 2.38. The van der Waals surface area contributed by atoms with Gasteiger partial charge in [0.05, 0.1) is 6.10 Å². The number of benzene rings is 2. The largest absolute Gasteiger partial charge is 0.491 e. The van der Waals surface area contributed by atoms with E-state index in [1.165, 1.54) is 10.9 Å². The van der Waals surface area contributed by atoms with Crippen molar-refractivity contribution in [3.05, 3.63) is 60.3 Å². The van der Waals surface area contributed by atoms with Gasteiger partial charge in [0.25, 0.3) is 0 Å². The first-order chi connectivity index (χ1) is 10.2. The number of para-hydroxylation sites is 1. The van der Waals surface area contributed by atoms with Crippen molar-refractivity contribution >= 4 is 16.6 Å². The van der Waals surface area contributed by atoms with E-state index < -0.39 is 0 Å². The van der Waals surface area contributed by atoms with Crippen LogP contribution in [0.3, 0.4) is 0 Å². The smallest absolute Gasteiger partial charge is 0.124 e. The molecule has 3 rings (SSSR count). The molecular formula is C18H20N2O. The molecule has 3 aromatic rings. The SMILES string of the molecule is CC(C)Oc1ccccc1CNc1ccc2[nH]ccc2c1. The Balaban J connectivity index is 1.74. The van der Waals surface area contributed by atoms with Gasteiger partial charge in [-0.1, -0.05) is 18.2 Å². The van der Waals surface area contributed by atoms with E-state index in [1.807, 2.05) is 38.2 Å². The van der Waals surface area contributed by atoms with E-state index in [4.69, 9.17) is 4.74 Å². The topological polar surface area (TPSA) is 37.0 Å². The highest BCUT2D eigenvalue weighted by Gasteiger charge is 2.05. The molecule has 0 amide bonds. The lowest BCUT2D eigenvalue weighted by molar-refractivity contribution is 0.240. The van der Waals surface area contributed by atoms with Gasteiger partial charge in [-0.3, -0.25) is 0 Å². The molecule has 0 spiro atoms. The van der Waals surface area contributed by atoms with Gasteiger partial charge in [0.2, 0.25) is 0 Å². The molecule has 0 radical (unpaired) electrons. The van der Waals surface area contributed by atoms with Gasteiger partial charge in [-0.15, -0.1) is 0 Å². The maximum atomic E-state index is 5.85. The molecule has 3 nitrogen and oxygen atoms in total. The van der Waals surface area contributed by atoms with Crippen LogP contribution in [0.1, 0.15) is 19.4 Å². The van der Waals surface area contributed by atoms with E-state index in [2.05, 4.69) is 40.6 Å². The number of aromatic nitrogens is 1. The molecule has 0 atom stereocenters. The van der Waals surface area contributed by atoms with Gasteiger partial charge < -0.3 is 15.0 Å². The van der Waals surface area contributed by atoms with Crippen molar-refractivity contribution < 1.29 is 4.74 Å². The van der Waals surface area contributed by atoms with Crippen LogP contribution in [0.4, 0.5) is 5.69 Å². The van der Waals surface area contributed by atoms with Gasteiger partial charge in [0.15, 0.2) is 0 Å². The maximum absolute atomic E-state index is 5.85. The van der Waals surface area contributed by atoms with Crippen LogP contribution in [0.2, 0.25) is 0 Å². The number of fused-ring (bicyclic) bond motifs is 1. The number of rotatable bonds is 5. The highest BCUT2D eigenvalue weighted by molar-refractivity contribution is 5.82. The molecule has 3 heteroatoms. The summed E-state index contributed by atoms with van der Waals surface area (Å²) in [7, 11) is 0. The Bertz CT molecular complexity index is 731. The molecule has 108 valence electrons. The Hall–Kier alpha value is -2.42. The second kappa shape index (κ2) is 5.92. The molecule has 1 heterocycles. The van der Waals surface area contributed by atoms with Crippen LogP contribution in [0.5, 0.6) is 5.75 Å². The van der Waals surface area contributed by atoms with Crippen molar-refractivity contribution in [2.24, 2.45) is 0 Å². The zero-order chi connectivity index (χ0) is 14.7. The first-order valence-electron chi connectivity index (χ1n) is 7.28. The summed E-state index contributed by atoms with van der Waals surface area (Å²) in [5, 5.41) is 4.68. The summed E-state index contributed by atoms with van der Waals surface area (Å²) < 4.78 is 5.85. The minimum atomic E-state index is 0.183. The van der Waals surface area contributed by atoms with Gasteiger partial charge >= 0.3 is 0 Å². The summed E-state index contributed by atoms with van der Waals surface area (Å²) in [4.78, 5) is 3.20. The highest BCUT2D eigenvalue weighted by Crippen LogP contribution is 2.22. The molecule has 0 fully saturated rings. The van der Waals surface area contributed by atoms with E-state index in [-0.39, 0.29) is 6.10 Å². The van der Waals surface area contributed by atoms with Crippen LogP contribution in [0, 0.1) is 0 Å². The third-order valence-corrected chi connectivity index (χ3v) is 3.37. The summed E-state index contributed by atoms with van der Waals surface area (Å²) in [6, 6.07) is 16.6. The van der Waals surface area contributed by atoms with Crippen molar-refractivity contribution in [3.8, 4) is 5.75 Å². The predicted octanol–water partition coefficient (Wildman–Crippen LogP) is 4.57. The van der Waals surface area contributed by atoms with Crippen LogP contribution in [0.25, 0.3) is 10.9 Å². The third kappa shape index (κ3) is 3.19. The minimum absolute atomic E-state index is 0.183. The Morgan fingerprint density at radius 2 is 1.95 bits per heavy atom. The van der Waals surface area contributed by atoms with E-state index >= 15 is 0 Å². The van der Waals surface area contributed by atoms with E-state index in [0.717, 1.165) is 23.5 Å². The zero-order valence-corrected chi connectivity index (χ0v) is 12.4. The minimum Gasteiger partial charge on any atom is -0.491 e. The van der Waals surface area contributed by atoms with Crippen molar-refractivity contribution in [2.45, 2.75) is 26.5 Å². The van der Waals surface area contributed by atoms with Crippen LogP contribution >= 0.6 is 0 Å². The number of nitrogens with one attached hydrogen (secondary N) is 2. The normalized spacial score (nSPS) is 11.0. The Morgan fingerprint density at radius 3 is 2.81 bits per heavy atom. The van der Waals surface area contributed by atoms with Crippen LogP contribution in [-0.4, -0.2) is 11.1 Å². The fraction of sp³-hybridized carbons (Fsp3) is 0.222. The van der Waals surface area contributed by atoms with E-state index in [0.29, 0.717) is 0 Å². The van der Waals surface area contributed by atoms with Crippen molar-refractivity contribution in [2.75, 3.05) is 5.32 Å². The summed E-state index contributed by atoms with van der Waals surface area (Å²) >= 11 is 0. The summed E-state index contributed by atoms with van der Waals surface area (Å²) in [6.07, 6.45) is 2.14. The molecule has 0 aliphatic rings. The Labute approximate surface area is 125 Å². The molecule has 0 saturated heterocycles. The van der Waals surface area contributed by atoms with Crippen LogP contribution in [-0.2, 0) is 6.54 Å². The number of ether oxygens (including phenoxy) is 1. The fourth-order valence-electron chi connectivity index (χ4n) is 2.38. The summed E-state index contributed by atoms with van der Waals surface area (Å²) in [6.45, 7) is 4.84. The molecule has 2 aromatic carbocycles. The highest BCUT2D eigenvalue weighted by atomic mass is 16.5. The van der Waals surface area contributed by atoms with Crippen molar-refractivity contribution in [1.82, 2.24) is 4.98 Å². The molecule has 0 aliphatic heterocycles. The lowest BCUT2D eigenvalue weighted by Crippen LogP contribution is -2.09. The molecular weight excluding hydrogens is 260 g/mol. The molecule has 0 aliphatic carbocycles. The number of hydrogen-bond donors (Lipinski definition) is 2. The average Bonchev–Trinajstić information content (AvgIpc) is 2.93. The number of H-pyrrole nitrogens is 1. The van der Waals surface area contributed by atoms with Gasteiger partial charge in [-0.05, 0) is 44.2 Å². The summed E-state index contributed by atoms with van der Waals surface area (Å²) in [5.74, 6) is 0.947. The quantitative estimate of drug-likeness (QED) is 0.718. The Kier molecular flexibility index (Phi) is 3.82. The van der Waals surface area contributed by atoms with Gasteiger partial charge in [0.1, 0.15) is 5.75 Å². The Morgan fingerprint density at radius 1 is 1.10 bits per heavy atom. The molecule has 1 aromatic heterocycles. The second-order valence-electron chi connectivity index (χ2n) is 5.41. The number of aromatic amines is 1. The molecule has 2 N–H and O–H groups in total. The van der Waals surface area contributed by atoms with Gasteiger partial charge in [0, 0.05) is 34.9 Å². The molecule has 0 unspecified atom stereocenters. The molecule has 21 heavy (non-hydrogen) atoms. The monoisotopic (exact) mass is 280 g/mol.